The van der Waals surface area contributed by atoms with Crippen molar-refractivity contribution in [1.82, 2.24) is 9.88 Å². The fourth-order valence-electron chi connectivity index (χ4n) is 3.87. The molecule has 1 aliphatic rings. The van der Waals surface area contributed by atoms with E-state index in [2.05, 4.69) is 4.98 Å². The van der Waals surface area contributed by atoms with Gasteiger partial charge in [-0.05, 0) is 54.0 Å². The van der Waals surface area contributed by atoms with Crippen molar-refractivity contribution in [2.24, 2.45) is 5.92 Å². The van der Waals surface area contributed by atoms with E-state index in [1.165, 1.54) is 7.11 Å². The smallest absolute Gasteiger partial charge is 0.338 e. The molecule has 5 nitrogen and oxygen atoms in total. The molecule has 1 fully saturated rings. The van der Waals surface area contributed by atoms with Crippen molar-refractivity contribution >= 4 is 22.8 Å². The number of hydrogen-bond acceptors (Lipinski definition) is 3. The zero-order valence-electron chi connectivity index (χ0n) is 15.3. The lowest BCUT2D eigenvalue weighted by molar-refractivity contribution is 0.0598. The number of aromatic nitrogens is 1. The van der Waals surface area contributed by atoms with Crippen LogP contribution in [0.4, 0.5) is 0 Å². The number of nitrogens with one attached hydrogen (secondary N) is 1. The average molecular weight is 362 g/mol. The first-order valence-electron chi connectivity index (χ1n) is 9.18. The number of nitrogens with zero attached hydrogens (tertiary/aromatic N) is 1. The molecule has 0 spiro atoms. The van der Waals surface area contributed by atoms with Gasteiger partial charge in [0.1, 0.15) is 0 Å². The number of likely N-dealkylation sites (tertiary alicyclic amines) is 1. The number of amides is 1. The molecule has 3 aromatic rings. The number of aromatic amines is 1. The first-order chi connectivity index (χ1) is 13.2. The summed E-state index contributed by atoms with van der Waals surface area (Å²) in [5.41, 5.74) is 3.28. The molecule has 0 radical (unpaired) electrons. The van der Waals surface area contributed by atoms with Gasteiger partial charge in [-0.15, -0.1) is 0 Å². The maximum Gasteiger partial charge on any atom is 0.338 e. The number of H-pyrrole nitrogens is 1. The lowest BCUT2D eigenvalue weighted by Gasteiger charge is -2.17. The van der Waals surface area contributed by atoms with Crippen LogP contribution in [0.3, 0.4) is 0 Å². The molecule has 2 heterocycles. The highest BCUT2D eigenvalue weighted by Gasteiger charge is 2.28. The van der Waals surface area contributed by atoms with E-state index in [1.54, 1.807) is 6.07 Å². The Hall–Kier alpha value is -3.08. The number of carbonyl (C=O) groups is 2. The van der Waals surface area contributed by atoms with Gasteiger partial charge in [0.05, 0.1) is 12.7 Å². The number of fused-ring (bicyclic) bond motifs is 1. The third-order valence-corrected chi connectivity index (χ3v) is 5.31. The molecule has 1 aromatic heterocycles. The molecule has 1 unspecified atom stereocenters. The van der Waals surface area contributed by atoms with Gasteiger partial charge in [0.25, 0.3) is 5.91 Å². The van der Waals surface area contributed by atoms with Crippen molar-refractivity contribution in [2.75, 3.05) is 20.2 Å². The lowest BCUT2D eigenvalue weighted by atomic mass is 9.95. The molecule has 0 aliphatic carbocycles. The number of ether oxygens (including phenoxy) is 1. The monoisotopic (exact) mass is 362 g/mol. The van der Waals surface area contributed by atoms with E-state index in [9.17, 15) is 9.59 Å². The zero-order valence-corrected chi connectivity index (χ0v) is 15.3. The average Bonchev–Trinajstić information content (AvgIpc) is 3.36. The van der Waals surface area contributed by atoms with Crippen LogP contribution in [0.15, 0.2) is 54.7 Å². The van der Waals surface area contributed by atoms with Crippen LogP contribution >= 0.6 is 0 Å². The van der Waals surface area contributed by atoms with Crippen LogP contribution in [0.5, 0.6) is 0 Å². The predicted octanol–water partition coefficient (Wildman–Crippen LogP) is 3.66. The van der Waals surface area contributed by atoms with Crippen LogP contribution in [-0.2, 0) is 11.2 Å². The molecule has 1 amide bonds. The van der Waals surface area contributed by atoms with Crippen molar-refractivity contribution < 1.29 is 14.3 Å². The molecule has 1 saturated heterocycles. The molecule has 5 heteroatoms. The SMILES string of the molecule is COC(=O)c1ccccc1CC1CCN(C(=O)c2ccc3cc[nH]c3c2)C1. The minimum atomic E-state index is -0.309. The number of carbonyl (C=O) groups excluding carboxylic acids is 2. The second-order valence-electron chi connectivity index (χ2n) is 7.04. The Kier molecular flexibility index (Phi) is 4.67. The Morgan fingerprint density at radius 3 is 2.89 bits per heavy atom. The number of rotatable bonds is 4. The van der Waals surface area contributed by atoms with Crippen LogP contribution in [0.2, 0.25) is 0 Å². The maximum atomic E-state index is 12.9. The largest absolute Gasteiger partial charge is 0.465 e. The molecule has 138 valence electrons. The molecule has 1 aliphatic heterocycles. The van der Waals surface area contributed by atoms with Crippen LogP contribution in [0.25, 0.3) is 10.9 Å². The summed E-state index contributed by atoms with van der Waals surface area (Å²) in [6.45, 7) is 1.45. The molecular weight excluding hydrogens is 340 g/mol. The van der Waals surface area contributed by atoms with Gasteiger partial charge in [-0.2, -0.15) is 0 Å². The predicted molar refractivity (Wildman–Crippen MR) is 104 cm³/mol. The van der Waals surface area contributed by atoms with Gasteiger partial charge in [0, 0.05) is 30.4 Å². The molecule has 4 rings (SSSR count). The van der Waals surface area contributed by atoms with Crippen molar-refractivity contribution in [2.45, 2.75) is 12.8 Å². The Balaban J connectivity index is 1.46. The van der Waals surface area contributed by atoms with E-state index in [1.807, 2.05) is 53.6 Å². The lowest BCUT2D eigenvalue weighted by Crippen LogP contribution is -2.29. The summed E-state index contributed by atoms with van der Waals surface area (Å²) in [7, 11) is 1.40. The van der Waals surface area contributed by atoms with Gasteiger partial charge in [-0.1, -0.05) is 24.3 Å². The van der Waals surface area contributed by atoms with Gasteiger partial charge in [-0.3, -0.25) is 4.79 Å². The summed E-state index contributed by atoms with van der Waals surface area (Å²) in [4.78, 5) is 29.9. The number of methoxy groups -OCH3 is 1. The molecular formula is C22H22N2O3. The van der Waals surface area contributed by atoms with E-state index < -0.39 is 0 Å². The molecule has 2 aromatic carbocycles. The first kappa shape index (κ1) is 17.3. The highest BCUT2D eigenvalue weighted by molar-refractivity contribution is 5.98. The highest BCUT2D eigenvalue weighted by Crippen LogP contribution is 2.25. The van der Waals surface area contributed by atoms with E-state index in [0.717, 1.165) is 35.9 Å². The fraction of sp³-hybridized carbons (Fsp3) is 0.273. The summed E-state index contributed by atoms with van der Waals surface area (Å²) < 4.78 is 4.88. The molecule has 0 bridgehead atoms. The van der Waals surface area contributed by atoms with Crippen LogP contribution in [0, 0.1) is 5.92 Å². The second kappa shape index (κ2) is 7.27. The quantitative estimate of drug-likeness (QED) is 0.721. The van der Waals surface area contributed by atoms with E-state index in [4.69, 9.17) is 4.74 Å². The topological polar surface area (TPSA) is 62.4 Å². The number of benzene rings is 2. The minimum Gasteiger partial charge on any atom is -0.465 e. The van der Waals surface area contributed by atoms with E-state index in [-0.39, 0.29) is 11.9 Å². The Morgan fingerprint density at radius 1 is 1.19 bits per heavy atom. The Labute approximate surface area is 157 Å². The summed E-state index contributed by atoms with van der Waals surface area (Å²) in [5.74, 6) is 0.0972. The van der Waals surface area contributed by atoms with Gasteiger partial charge in [-0.25, -0.2) is 4.79 Å². The van der Waals surface area contributed by atoms with Crippen molar-refractivity contribution in [1.29, 1.82) is 0 Å². The normalized spacial score (nSPS) is 16.6. The first-order valence-corrected chi connectivity index (χ1v) is 9.18. The summed E-state index contributed by atoms with van der Waals surface area (Å²) in [6, 6.07) is 15.3. The van der Waals surface area contributed by atoms with Crippen LogP contribution in [0.1, 0.15) is 32.7 Å². The summed E-state index contributed by atoms with van der Waals surface area (Å²) in [5, 5.41) is 1.10. The van der Waals surface area contributed by atoms with Crippen LogP contribution in [-0.4, -0.2) is 42.0 Å². The third kappa shape index (κ3) is 3.45. The third-order valence-electron chi connectivity index (χ3n) is 5.31. The number of esters is 1. The maximum absolute atomic E-state index is 12.9. The van der Waals surface area contributed by atoms with Gasteiger partial charge in [0.2, 0.25) is 0 Å². The molecule has 0 saturated carbocycles. The Morgan fingerprint density at radius 2 is 2.04 bits per heavy atom. The summed E-state index contributed by atoms with van der Waals surface area (Å²) >= 11 is 0. The molecule has 27 heavy (non-hydrogen) atoms. The van der Waals surface area contributed by atoms with Gasteiger partial charge < -0.3 is 14.6 Å². The van der Waals surface area contributed by atoms with Crippen LogP contribution < -0.4 is 0 Å². The fourth-order valence-corrected chi connectivity index (χ4v) is 3.87. The van der Waals surface area contributed by atoms with E-state index in [0.29, 0.717) is 23.6 Å². The van der Waals surface area contributed by atoms with Crippen molar-refractivity contribution in [3.05, 3.63) is 71.4 Å². The van der Waals surface area contributed by atoms with Crippen molar-refractivity contribution in [3.63, 3.8) is 0 Å². The summed E-state index contributed by atoms with van der Waals surface area (Å²) in [6.07, 6.45) is 3.58. The second-order valence-corrected chi connectivity index (χ2v) is 7.04. The minimum absolute atomic E-state index is 0.0650. The molecule has 1 N–H and O–H groups in total. The zero-order chi connectivity index (χ0) is 18.8. The highest BCUT2D eigenvalue weighted by atomic mass is 16.5. The van der Waals surface area contributed by atoms with Gasteiger partial charge in [0.15, 0.2) is 0 Å². The number of hydrogen-bond donors (Lipinski definition) is 1. The van der Waals surface area contributed by atoms with E-state index >= 15 is 0 Å². The molecule has 1 atom stereocenters. The standard InChI is InChI=1S/C22H22N2O3/c1-27-22(26)19-5-3-2-4-17(19)12-15-9-11-24(14-15)21(25)18-7-6-16-8-10-23-20(16)13-18/h2-8,10,13,15,23H,9,11-12,14H2,1H3. The Bertz CT molecular complexity index is 992. The van der Waals surface area contributed by atoms with Crippen molar-refractivity contribution in [3.8, 4) is 0 Å². The van der Waals surface area contributed by atoms with Gasteiger partial charge >= 0.3 is 5.97 Å².